The summed E-state index contributed by atoms with van der Waals surface area (Å²) in [6.45, 7) is 6.05. The van der Waals surface area contributed by atoms with Gasteiger partial charge in [-0.1, -0.05) is 30.7 Å². The quantitative estimate of drug-likeness (QED) is 0.182. The first kappa shape index (κ1) is 30.1. The highest BCUT2D eigenvalue weighted by Crippen LogP contribution is 2.50. The van der Waals surface area contributed by atoms with Crippen LogP contribution in [-0.4, -0.2) is 53.5 Å². The van der Waals surface area contributed by atoms with Crippen molar-refractivity contribution < 1.29 is 29.0 Å². The molecule has 1 saturated heterocycles. The lowest BCUT2D eigenvalue weighted by Gasteiger charge is -2.32. The molecule has 2 aliphatic rings. The van der Waals surface area contributed by atoms with Crippen molar-refractivity contribution in [3.05, 3.63) is 106 Å². The van der Waals surface area contributed by atoms with Crippen molar-refractivity contribution in [2.45, 2.75) is 57.9 Å². The van der Waals surface area contributed by atoms with Crippen molar-refractivity contribution in [1.29, 1.82) is 0 Å². The molecule has 2 aromatic heterocycles. The Bertz CT molecular complexity index is 1970. The van der Waals surface area contributed by atoms with Crippen LogP contribution in [0.5, 0.6) is 11.5 Å². The number of halogens is 2. The van der Waals surface area contributed by atoms with Gasteiger partial charge in [0.05, 0.1) is 47.1 Å². The molecule has 0 unspecified atom stereocenters. The number of benzene rings is 3. The summed E-state index contributed by atoms with van der Waals surface area (Å²) >= 11 is 5.98. The number of carboxylic acid groups (broad SMARTS) is 1. The minimum absolute atomic E-state index is 0.171. The third-order valence-corrected chi connectivity index (χ3v) is 9.25. The number of carbonyl (C=O) groups is 1. The third-order valence-electron chi connectivity index (χ3n) is 9.01. The molecule has 7 rings (SSSR count). The van der Waals surface area contributed by atoms with Crippen LogP contribution in [0.15, 0.2) is 60.8 Å². The molecular weight excluding hydrogens is 613 g/mol. The molecule has 0 radical (unpaired) electrons. The first-order chi connectivity index (χ1) is 22.1. The lowest BCUT2D eigenvalue weighted by Crippen LogP contribution is -2.34. The molecule has 2 N–H and O–H groups in total. The molecule has 12 heteroatoms. The Morgan fingerprint density at radius 3 is 2.61 bits per heavy atom. The fraction of sp³-hybridized carbons (Fsp3) is 0.324. The van der Waals surface area contributed by atoms with Crippen molar-refractivity contribution in [1.82, 2.24) is 24.2 Å². The van der Waals surface area contributed by atoms with Crippen molar-refractivity contribution in [2.24, 2.45) is 0 Å². The number of imidazole rings is 2. The second-order valence-corrected chi connectivity index (χ2v) is 12.4. The highest BCUT2D eigenvalue weighted by Gasteiger charge is 2.43. The average molecular weight is 646 g/mol. The molecule has 0 amide bonds. The Morgan fingerprint density at radius 1 is 1.09 bits per heavy atom. The molecule has 1 atom stereocenters. The maximum atomic E-state index is 14.9. The number of piperidine rings is 1. The summed E-state index contributed by atoms with van der Waals surface area (Å²) in [5.41, 5.74) is 3.44. The number of hydrogen-bond acceptors (Lipinski definition) is 7. The highest BCUT2D eigenvalue weighted by molar-refractivity contribution is 6.30. The summed E-state index contributed by atoms with van der Waals surface area (Å²) in [5, 5.41) is 20.6. The maximum Gasteiger partial charge on any atom is 0.335 e. The van der Waals surface area contributed by atoms with E-state index in [-0.39, 0.29) is 23.6 Å². The molecular formula is C34H33ClFN5O5. The normalized spacial score (nSPS) is 18.4. The van der Waals surface area contributed by atoms with Gasteiger partial charge in [-0.2, -0.15) is 4.73 Å². The van der Waals surface area contributed by atoms with Crippen LogP contribution in [-0.2, 0) is 25.3 Å². The maximum absolute atomic E-state index is 14.9. The van der Waals surface area contributed by atoms with E-state index in [1.165, 1.54) is 6.07 Å². The number of aromatic nitrogens is 4. The fourth-order valence-electron chi connectivity index (χ4n) is 6.58. The summed E-state index contributed by atoms with van der Waals surface area (Å²) < 4.78 is 30.5. The van der Waals surface area contributed by atoms with Crippen LogP contribution in [0.3, 0.4) is 0 Å². The van der Waals surface area contributed by atoms with Crippen LogP contribution in [0.2, 0.25) is 5.02 Å². The minimum atomic E-state index is -1.31. The number of fused-ring (bicyclic) bond motifs is 2. The molecule has 238 valence electrons. The van der Waals surface area contributed by atoms with Gasteiger partial charge < -0.3 is 24.4 Å². The number of aryl methyl sites for hydroxylation is 1. The van der Waals surface area contributed by atoms with Crippen LogP contribution in [0.4, 0.5) is 4.39 Å². The number of carboxylic acids is 1. The largest absolute Gasteiger partial charge is 0.478 e. The number of likely N-dealkylation sites (tertiary alicyclic amines) is 1. The van der Waals surface area contributed by atoms with Gasteiger partial charge in [-0.3, -0.25) is 4.90 Å². The Labute approximate surface area is 269 Å². The minimum Gasteiger partial charge on any atom is -0.478 e. The van der Waals surface area contributed by atoms with Crippen molar-refractivity contribution in [2.75, 3.05) is 13.1 Å². The smallest absolute Gasteiger partial charge is 0.335 e. The number of para-hydroxylation sites is 1. The number of hydrogen-bond donors (Lipinski definition) is 2. The van der Waals surface area contributed by atoms with Gasteiger partial charge in [0.15, 0.2) is 11.5 Å². The molecule has 3 aromatic carbocycles. The molecule has 0 aliphatic carbocycles. The van der Waals surface area contributed by atoms with E-state index in [2.05, 4.69) is 16.0 Å². The Kier molecular flexibility index (Phi) is 7.60. The number of ether oxygens (including phenoxy) is 2. The van der Waals surface area contributed by atoms with Gasteiger partial charge in [0.1, 0.15) is 17.5 Å². The van der Waals surface area contributed by atoms with Crippen molar-refractivity contribution in [3.63, 3.8) is 0 Å². The summed E-state index contributed by atoms with van der Waals surface area (Å²) in [6, 6.07) is 15.2. The number of rotatable bonds is 8. The van der Waals surface area contributed by atoms with Crippen LogP contribution in [0, 0.1) is 5.82 Å². The molecule has 46 heavy (non-hydrogen) atoms. The van der Waals surface area contributed by atoms with Gasteiger partial charge >= 0.3 is 5.97 Å². The molecule has 0 saturated carbocycles. The van der Waals surface area contributed by atoms with Crippen LogP contribution in [0.25, 0.3) is 11.0 Å². The van der Waals surface area contributed by atoms with Crippen LogP contribution in [0.1, 0.15) is 71.4 Å². The van der Waals surface area contributed by atoms with Gasteiger partial charge in [0, 0.05) is 23.9 Å². The van der Waals surface area contributed by atoms with E-state index >= 15 is 0 Å². The molecule has 2 aliphatic heterocycles. The van der Waals surface area contributed by atoms with E-state index < -0.39 is 17.6 Å². The van der Waals surface area contributed by atoms with E-state index in [0.29, 0.717) is 52.0 Å². The second-order valence-electron chi connectivity index (χ2n) is 12.0. The Morgan fingerprint density at radius 2 is 1.89 bits per heavy atom. The number of nitrogens with zero attached hydrogens (tertiary/aromatic N) is 5. The van der Waals surface area contributed by atoms with Crippen molar-refractivity contribution >= 4 is 28.6 Å². The van der Waals surface area contributed by atoms with Gasteiger partial charge in [-0.25, -0.2) is 19.2 Å². The summed E-state index contributed by atoms with van der Waals surface area (Å²) in [6.07, 6.45) is 3.93. The van der Waals surface area contributed by atoms with Gasteiger partial charge in [-0.15, -0.1) is 0 Å². The van der Waals surface area contributed by atoms with E-state index in [4.69, 9.17) is 26.1 Å². The summed E-state index contributed by atoms with van der Waals surface area (Å²) in [5.74, 6) is -0.0593. The lowest BCUT2D eigenvalue weighted by atomic mass is 9.88. The highest BCUT2D eigenvalue weighted by atomic mass is 35.5. The zero-order valence-corrected chi connectivity index (χ0v) is 26.2. The monoisotopic (exact) mass is 645 g/mol. The van der Waals surface area contributed by atoms with E-state index in [1.54, 1.807) is 43.5 Å². The Hall–Kier alpha value is -4.61. The topological polar surface area (TPSA) is 115 Å². The second kappa shape index (κ2) is 11.6. The van der Waals surface area contributed by atoms with E-state index in [0.717, 1.165) is 42.0 Å². The van der Waals surface area contributed by atoms with Crippen molar-refractivity contribution in [3.8, 4) is 11.5 Å². The van der Waals surface area contributed by atoms with Gasteiger partial charge in [-0.05, 0) is 74.3 Å². The SMILES string of the molecule is CCc1ncc(Cn2c(CN3CCC(c4cccc5c4O[C@](C)(c4ccc(Cl)cc4F)O5)CC3)nc3ccc(C(=O)O)cc32)n1O. The first-order valence-corrected chi connectivity index (χ1v) is 15.7. The third kappa shape index (κ3) is 5.33. The fourth-order valence-corrected chi connectivity index (χ4v) is 6.74. The zero-order chi connectivity index (χ0) is 32.2. The molecule has 5 aromatic rings. The predicted octanol–water partition coefficient (Wildman–Crippen LogP) is 6.60. The lowest BCUT2D eigenvalue weighted by molar-refractivity contribution is -0.0712. The Balaban J connectivity index is 1.11. The van der Waals surface area contributed by atoms with E-state index in [1.807, 2.05) is 23.6 Å². The molecule has 4 heterocycles. The summed E-state index contributed by atoms with van der Waals surface area (Å²) in [7, 11) is 0. The first-order valence-electron chi connectivity index (χ1n) is 15.3. The standard InChI is InChI=1S/C34H33ClFN5O5/c1-3-30-37-17-23(41(30)44)18-40-28-15-21(33(42)43)7-10-27(28)38-31(40)19-39-13-11-20(12-14-39)24-5-4-6-29-32(24)46-34(2,45-29)25-9-8-22(35)16-26(25)36/h4-10,15-17,20,44H,3,11-14,18-19H2,1-2H3,(H,42,43)/t34-/m1/s1. The van der Waals surface area contributed by atoms with Crippen LogP contribution < -0.4 is 9.47 Å². The molecule has 10 nitrogen and oxygen atoms in total. The van der Waals surface area contributed by atoms with Gasteiger partial charge in [0.2, 0.25) is 0 Å². The summed E-state index contributed by atoms with van der Waals surface area (Å²) in [4.78, 5) is 23.3. The van der Waals surface area contributed by atoms with E-state index in [9.17, 15) is 19.5 Å². The number of aromatic carboxylic acids is 1. The predicted molar refractivity (Wildman–Crippen MR) is 168 cm³/mol. The van der Waals surface area contributed by atoms with Gasteiger partial charge in [0.25, 0.3) is 5.79 Å². The average Bonchev–Trinajstić information content (AvgIpc) is 3.69. The van der Waals surface area contributed by atoms with Crippen LogP contribution >= 0.6 is 11.6 Å². The zero-order valence-electron chi connectivity index (χ0n) is 25.4. The molecule has 1 fully saturated rings. The molecule has 0 spiro atoms. The molecule has 0 bridgehead atoms.